The second-order valence-corrected chi connectivity index (χ2v) is 5.50. The molecule has 0 amide bonds. The first-order chi connectivity index (χ1) is 11.1. The highest BCUT2D eigenvalue weighted by Gasteiger charge is 2.32. The molecule has 3 atom stereocenters. The van der Waals surface area contributed by atoms with Crippen LogP contribution in [0.4, 0.5) is 0 Å². The number of hydrogen-bond donors (Lipinski definition) is 1. The maximum Gasteiger partial charge on any atom is 0.312 e. The topological polar surface area (TPSA) is 46.5 Å². The van der Waals surface area contributed by atoms with Gasteiger partial charge in [-0.15, -0.1) is 0 Å². The van der Waals surface area contributed by atoms with Gasteiger partial charge in [-0.2, -0.15) is 0 Å². The quantitative estimate of drug-likeness (QED) is 0.828. The first-order valence-corrected chi connectivity index (χ1v) is 7.67. The van der Waals surface area contributed by atoms with E-state index < -0.39 is 18.0 Å². The van der Waals surface area contributed by atoms with Gasteiger partial charge in [0.2, 0.25) is 0 Å². The van der Waals surface area contributed by atoms with Crippen molar-refractivity contribution < 1.29 is 14.6 Å². The fraction of sp³-hybridized carbons (Fsp3) is 0.250. The third-order valence-electron chi connectivity index (χ3n) is 3.86. The molecule has 0 fully saturated rings. The predicted octanol–water partition coefficient (Wildman–Crippen LogP) is 3.65. The molecule has 3 nitrogen and oxygen atoms in total. The molecular weight excluding hydrogens is 288 g/mol. The van der Waals surface area contributed by atoms with E-state index in [0.717, 1.165) is 11.1 Å². The lowest BCUT2D eigenvalue weighted by Gasteiger charge is -2.25. The van der Waals surface area contributed by atoms with Crippen LogP contribution in [0.15, 0.2) is 66.7 Å². The number of aliphatic hydroxyl groups is 1. The highest BCUT2D eigenvalue weighted by molar-refractivity contribution is 5.75. The molecule has 2 rings (SSSR count). The van der Waals surface area contributed by atoms with Crippen LogP contribution in [0.3, 0.4) is 0 Å². The van der Waals surface area contributed by atoms with Crippen LogP contribution in [0.2, 0.25) is 0 Å². The van der Waals surface area contributed by atoms with Gasteiger partial charge in [0.1, 0.15) is 0 Å². The Hall–Kier alpha value is -2.39. The summed E-state index contributed by atoms with van der Waals surface area (Å²) in [7, 11) is 1.35. The Kier molecular flexibility index (Phi) is 6.12. The minimum absolute atomic E-state index is 0.260. The van der Waals surface area contributed by atoms with E-state index in [2.05, 4.69) is 0 Å². The van der Waals surface area contributed by atoms with Crippen LogP contribution in [-0.2, 0) is 9.53 Å². The fourth-order valence-corrected chi connectivity index (χ4v) is 2.67. The summed E-state index contributed by atoms with van der Waals surface area (Å²) in [5.74, 6) is -1.32. The van der Waals surface area contributed by atoms with E-state index in [1.54, 1.807) is 6.92 Å². The standard InChI is InChI=1S/C20H22O3/c1-15(21)19(20(22)23-2)18(17-11-7-4-8-12-17)14-13-16-9-5-3-6-10-16/h3-15,18-19,21H,1-2H3/t15?,18?,19-/m0/s1. The number of carbonyl (C=O) groups excluding carboxylic acids is 1. The third kappa shape index (κ3) is 4.54. The lowest BCUT2D eigenvalue weighted by Crippen LogP contribution is -2.32. The number of esters is 1. The smallest absolute Gasteiger partial charge is 0.312 e. The van der Waals surface area contributed by atoms with Crippen LogP contribution in [0, 0.1) is 5.92 Å². The molecule has 23 heavy (non-hydrogen) atoms. The normalized spacial score (nSPS) is 15.1. The summed E-state index contributed by atoms with van der Waals surface area (Å²) in [5, 5.41) is 10.1. The van der Waals surface area contributed by atoms with E-state index in [1.807, 2.05) is 72.8 Å². The molecule has 3 heteroatoms. The summed E-state index contributed by atoms with van der Waals surface area (Å²) in [6.07, 6.45) is 3.11. The summed E-state index contributed by atoms with van der Waals surface area (Å²) in [6.45, 7) is 1.62. The van der Waals surface area contributed by atoms with Crippen molar-refractivity contribution in [3.8, 4) is 0 Å². The van der Waals surface area contributed by atoms with Gasteiger partial charge in [-0.05, 0) is 18.1 Å². The van der Waals surface area contributed by atoms with Gasteiger partial charge in [0.05, 0.1) is 19.1 Å². The lowest BCUT2D eigenvalue weighted by atomic mass is 9.82. The Labute approximate surface area is 137 Å². The molecule has 1 N–H and O–H groups in total. The van der Waals surface area contributed by atoms with Crippen molar-refractivity contribution in [3.05, 3.63) is 77.9 Å². The third-order valence-corrected chi connectivity index (χ3v) is 3.86. The first kappa shape index (κ1) is 17.0. The summed E-state index contributed by atoms with van der Waals surface area (Å²) in [6, 6.07) is 19.6. The zero-order valence-corrected chi connectivity index (χ0v) is 13.4. The van der Waals surface area contributed by atoms with E-state index in [-0.39, 0.29) is 5.92 Å². The van der Waals surface area contributed by atoms with Crippen molar-refractivity contribution in [1.82, 2.24) is 0 Å². The molecule has 0 aromatic heterocycles. The molecule has 0 saturated heterocycles. The lowest BCUT2D eigenvalue weighted by molar-refractivity contribution is -0.149. The molecule has 2 unspecified atom stereocenters. The van der Waals surface area contributed by atoms with Gasteiger partial charge in [-0.1, -0.05) is 72.8 Å². The fourth-order valence-electron chi connectivity index (χ4n) is 2.67. The molecule has 2 aromatic rings. The van der Waals surface area contributed by atoms with Crippen LogP contribution in [0.25, 0.3) is 6.08 Å². The average Bonchev–Trinajstić information content (AvgIpc) is 2.59. The minimum atomic E-state index is -0.812. The Morgan fingerprint density at radius 2 is 1.61 bits per heavy atom. The van der Waals surface area contributed by atoms with Gasteiger partial charge in [0, 0.05) is 5.92 Å². The highest BCUT2D eigenvalue weighted by atomic mass is 16.5. The number of ether oxygens (including phenoxy) is 1. The molecule has 0 saturated carbocycles. The summed E-state index contributed by atoms with van der Waals surface area (Å²) in [5.41, 5.74) is 2.01. The SMILES string of the molecule is COC(=O)[C@@H](C(C)O)C(C=Cc1ccccc1)c1ccccc1. The zero-order chi connectivity index (χ0) is 16.7. The van der Waals surface area contributed by atoms with Gasteiger partial charge < -0.3 is 9.84 Å². The van der Waals surface area contributed by atoms with E-state index in [0.29, 0.717) is 0 Å². The average molecular weight is 310 g/mol. The predicted molar refractivity (Wildman–Crippen MR) is 91.8 cm³/mol. The first-order valence-electron chi connectivity index (χ1n) is 7.67. The summed E-state index contributed by atoms with van der Waals surface area (Å²) < 4.78 is 4.90. The second kappa shape index (κ2) is 8.30. The van der Waals surface area contributed by atoms with E-state index >= 15 is 0 Å². The van der Waals surface area contributed by atoms with Crippen LogP contribution in [0.1, 0.15) is 24.0 Å². The molecular formula is C20H22O3. The molecule has 0 aliphatic rings. The number of carbonyl (C=O) groups is 1. The number of allylic oxidation sites excluding steroid dienone is 1. The van der Waals surface area contributed by atoms with E-state index in [4.69, 9.17) is 4.74 Å². The minimum Gasteiger partial charge on any atom is -0.469 e. The maximum absolute atomic E-state index is 12.2. The molecule has 0 aliphatic heterocycles. The van der Waals surface area contributed by atoms with Crippen LogP contribution in [0.5, 0.6) is 0 Å². The van der Waals surface area contributed by atoms with Crippen LogP contribution in [-0.4, -0.2) is 24.3 Å². The Balaban J connectivity index is 2.39. The monoisotopic (exact) mass is 310 g/mol. The van der Waals surface area contributed by atoms with Gasteiger partial charge >= 0.3 is 5.97 Å². The van der Waals surface area contributed by atoms with Crippen LogP contribution < -0.4 is 0 Å². The Bertz CT molecular complexity index is 632. The molecule has 0 bridgehead atoms. The summed E-state index contributed by atoms with van der Waals surface area (Å²) >= 11 is 0. The van der Waals surface area contributed by atoms with Gasteiger partial charge in [0.15, 0.2) is 0 Å². The van der Waals surface area contributed by atoms with Crippen LogP contribution >= 0.6 is 0 Å². The number of rotatable bonds is 6. The largest absolute Gasteiger partial charge is 0.469 e. The molecule has 0 spiro atoms. The highest BCUT2D eigenvalue weighted by Crippen LogP contribution is 2.30. The van der Waals surface area contributed by atoms with E-state index in [9.17, 15) is 9.90 Å². The van der Waals surface area contributed by atoms with Crippen molar-refractivity contribution in [2.45, 2.75) is 18.9 Å². The van der Waals surface area contributed by atoms with Crippen molar-refractivity contribution in [3.63, 3.8) is 0 Å². The van der Waals surface area contributed by atoms with Crippen molar-refractivity contribution in [2.75, 3.05) is 7.11 Å². The van der Waals surface area contributed by atoms with Gasteiger partial charge in [0.25, 0.3) is 0 Å². The summed E-state index contributed by atoms with van der Waals surface area (Å²) in [4.78, 5) is 12.2. The second-order valence-electron chi connectivity index (χ2n) is 5.50. The van der Waals surface area contributed by atoms with Gasteiger partial charge in [-0.25, -0.2) is 0 Å². The molecule has 0 radical (unpaired) electrons. The maximum atomic E-state index is 12.2. The zero-order valence-electron chi connectivity index (χ0n) is 13.4. The Morgan fingerprint density at radius 3 is 2.13 bits per heavy atom. The molecule has 120 valence electrons. The number of hydrogen-bond acceptors (Lipinski definition) is 3. The molecule has 2 aromatic carbocycles. The van der Waals surface area contributed by atoms with Crippen molar-refractivity contribution in [1.29, 1.82) is 0 Å². The van der Waals surface area contributed by atoms with Gasteiger partial charge in [-0.3, -0.25) is 4.79 Å². The van der Waals surface area contributed by atoms with Crippen molar-refractivity contribution in [2.24, 2.45) is 5.92 Å². The molecule has 0 aliphatic carbocycles. The van der Waals surface area contributed by atoms with E-state index in [1.165, 1.54) is 7.11 Å². The number of aliphatic hydroxyl groups excluding tert-OH is 1. The molecule has 0 heterocycles. The number of benzene rings is 2. The van der Waals surface area contributed by atoms with Crippen molar-refractivity contribution >= 4 is 12.0 Å². The number of methoxy groups -OCH3 is 1. The Morgan fingerprint density at radius 1 is 1.04 bits per heavy atom.